The van der Waals surface area contributed by atoms with Gasteiger partial charge in [-0.2, -0.15) is 0 Å². The number of carboxylic acids is 1. The summed E-state index contributed by atoms with van der Waals surface area (Å²) in [4.78, 5) is 19.2. The number of carboxylic acid groups (broad SMARTS) is 1. The molecule has 0 atom stereocenters. The summed E-state index contributed by atoms with van der Waals surface area (Å²) >= 11 is 0. The summed E-state index contributed by atoms with van der Waals surface area (Å²) < 4.78 is 5.20. The predicted octanol–water partition coefficient (Wildman–Crippen LogP) is 0.782. The zero-order chi connectivity index (χ0) is 11.8. The number of aromatic nitrogens is 2. The molecule has 0 unspecified atom stereocenters. The Morgan fingerprint density at radius 2 is 2.31 bits per heavy atom. The molecule has 2 N–H and O–H groups in total. The normalized spacial score (nSPS) is 14.6. The van der Waals surface area contributed by atoms with Crippen LogP contribution < -0.4 is 5.32 Å². The average Bonchev–Trinajstić information content (AvgIpc) is 2.63. The Kier molecular flexibility index (Phi) is 2.51. The highest BCUT2D eigenvalue weighted by Crippen LogP contribution is 2.19. The Balaban J connectivity index is 2.20. The van der Waals surface area contributed by atoms with Crippen molar-refractivity contribution in [2.45, 2.75) is 32.6 Å². The molecule has 6 nitrogen and oxygen atoms in total. The molecule has 86 valence electrons. The predicted molar refractivity (Wildman–Crippen MR) is 55.9 cm³/mol. The summed E-state index contributed by atoms with van der Waals surface area (Å²) in [6.07, 6.45) is 1.66. The minimum Gasteiger partial charge on any atom is -0.480 e. The molecule has 2 heterocycles. The Hall–Kier alpha value is -1.69. The molecule has 0 aliphatic carbocycles. The second-order valence-corrected chi connectivity index (χ2v) is 4.21. The monoisotopic (exact) mass is 223 g/mol. The topological polar surface area (TPSA) is 84.3 Å². The number of fused-ring (bicyclic) bond motifs is 1. The van der Waals surface area contributed by atoms with Crippen LogP contribution in [0.4, 0.5) is 5.95 Å². The van der Waals surface area contributed by atoms with Crippen LogP contribution in [-0.2, 0) is 22.7 Å². The summed E-state index contributed by atoms with van der Waals surface area (Å²) in [6.45, 7) is 4.10. The zero-order valence-electron chi connectivity index (χ0n) is 9.15. The molecule has 0 amide bonds. The van der Waals surface area contributed by atoms with Crippen molar-refractivity contribution in [3.05, 3.63) is 17.5 Å². The number of rotatable bonds is 3. The molecular formula is C10H13N3O3. The molecule has 1 aromatic rings. The SMILES string of the molecule is CC(C)(Nc1ncc2c(n1)COC2)C(=O)O. The Bertz CT molecular complexity index is 431. The van der Waals surface area contributed by atoms with E-state index in [9.17, 15) is 4.79 Å². The number of hydrogen-bond acceptors (Lipinski definition) is 5. The molecule has 2 rings (SSSR count). The van der Waals surface area contributed by atoms with Crippen LogP contribution in [-0.4, -0.2) is 26.6 Å². The van der Waals surface area contributed by atoms with Crippen LogP contribution in [0.2, 0.25) is 0 Å². The highest BCUT2D eigenvalue weighted by Gasteiger charge is 2.28. The van der Waals surface area contributed by atoms with E-state index in [1.807, 2.05) is 0 Å². The molecule has 1 aliphatic rings. The first-order chi connectivity index (χ1) is 7.49. The number of nitrogens with zero attached hydrogens (tertiary/aromatic N) is 2. The lowest BCUT2D eigenvalue weighted by Crippen LogP contribution is -2.40. The molecule has 0 radical (unpaired) electrons. The van der Waals surface area contributed by atoms with E-state index in [1.165, 1.54) is 0 Å². The fourth-order valence-electron chi connectivity index (χ4n) is 1.34. The third-order valence-corrected chi connectivity index (χ3v) is 2.41. The van der Waals surface area contributed by atoms with E-state index in [2.05, 4.69) is 15.3 Å². The maximum absolute atomic E-state index is 10.9. The summed E-state index contributed by atoms with van der Waals surface area (Å²) in [5.41, 5.74) is 0.686. The van der Waals surface area contributed by atoms with Gasteiger partial charge in [-0.25, -0.2) is 14.8 Å². The highest BCUT2D eigenvalue weighted by molar-refractivity contribution is 5.80. The minimum atomic E-state index is -1.09. The van der Waals surface area contributed by atoms with Crippen molar-refractivity contribution in [3.8, 4) is 0 Å². The third kappa shape index (κ3) is 1.96. The van der Waals surface area contributed by atoms with Gasteiger partial charge in [0.25, 0.3) is 0 Å². The van der Waals surface area contributed by atoms with Crippen molar-refractivity contribution in [3.63, 3.8) is 0 Å². The van der Waals surface area contributed by atoms with Gasteiger partial charge >= 0.3 is 5.97 Å². The van der Waals surface area contributed by atoms with Gasteiger partial charge in [0.2, 0.25) is 5.95 Å². The Morgan fingerprint density at radius 3 is 3.00 bits per heavy atom. The van der Waals surface area contributed by atoms with Crippen molar-refractivity contribution in [2.24, 2.45) is 0 Å². The largest absolute Gasteiger partial charge is 0.480 e. The number of nitrogens with one attached hydrogen (secondary N) is 1. The second-order valence-electron chi connectivity index (χ2n) is 4.21. The van der Waals surface area contributed by atoms with E-state index in [0.717, 1.165) is 11.3 Å². The number of hydrogen-bond donors (Lipinski definition) is 2. The van der Waals surface area contributed by atoms with Gasteiger partial charge in [0, 0.05) is 11.8 Å². The first-order valence-corrected chi connectivity index (χ1v) is 4.93. The zero-order valence-corrected chi connectivity index (χ0v) is 9.15. The molecule has 0 spiro atoms. The van der Waals surface area contributed by atoms with E-state index >= 15 is 0 Å². The van der Waals surface area contributed by atoms with Crippen molar-refractivity contribution in [1.29, 1.82) is 0 Å². The van der Waals surface area contributed by atoms with Gasteiger partial charge in [-0.1, -0.05) is 0 Å². The smallest absolute Gasteiger partial charge is 0.328 e. The maximum atomic E-state index is 10.9. The molecule has 0 saturated heterocycles. The fraction of sp³-hybridized carbons (Fsp3) is 0.500. The summed E-state index contributed by atoms with van der Waals surface area (Å²) in [7, 11) is 0. The van der Waals surface area contributed by atoms with Crippen LogP contribution in [0.15, 0.2) is 6.20 Å². The van der Waals surface area contributed by atoms with E-state index < -0.39 is 11.5 Å². The Labute approximate surface area is 92.7 Å². The minimum absolute atomic E-state index is 0.316. The first-order valence-electron chi connectivity index (χ1n) is 4.93. The molecule has 1 aromatic heterocycles. The highest BCUT2D eigenvalue weighted by atomic mass is 16.5. The first kappa shape index (κ1) is 10.8. The van der Waals surface area contributed by atoms with Gasteiger partial charge in [-0.15, -0.1) is 0 Å². The van der Waals surface area contributed by atoms with Gasteiger partial charge in [-0.3, -0.25) is 0 Å². The van der Waals surface area contributed by atoms with Crippen molar-refractivity contribution < 1.29 is 14.6 Å². The molecule has 0 aromatic carbocycles. The van der Waals surface area contributed by atoms with Gasteiger partial charge in [-0.05, 0) is 13.8 Å². The summed E-state index contributed by atoms with van der Waals surface area (Å²) in [6, 6.07) is 0. The maximum Gasteiger partial charge on any atom is 0.328 e. The summed E-state index contributed by atoms with van der Waals surface area (Å²) in [5.74, 6) is -0.635. The van der Waals surface area contributed by atoms with Gasteiger partial charge in [0.15, 0.2) is 0 Å². The number of anilines is 1. The van der Waals surface area contributed by atoms with Gasteiger partial charge in [0.05, 0.1) is 18.9 Å². The van der Waals surface area contributed by atoms with Crippen LogP contribution in [0.5, 0.6) is 0 Å². The van der Waals surface area contributed by atoms with Gasteiger partial charge in [0.1, 0.15) is 5.54 Å². The van der Waals surface area contributed by atoms with Crippen LogP contribution in [0.25, 0.3) is 0 Å². The average molecular weight is 223 g/mol. The fourth-order valence-corrected chi connectivity index (χ4v) is 1.34. The van der Waals surface area contributed by atoms with E-state index in [0.29, 0.717) is 19.2 Å². The van der Waals surface area contributed by atoms with E-state index in [1.54, 1.807) is 20.0 Å². The standard InChI is InChI=1S/C10H13N3O3/c1-10(2,8(14)15)13-9-11-3-6-4-16-5-7(6)12-9/h3H,4-5H2,1-2H3,(H,14,15)(H,11,12,13). The van der Waals surface area contributed by atoms with Crippen LogP contribution in [0.3, 0.4) is 0 Å². The van der Waals surface area contributed by atoms with Crippen molar-refractivity contribution in [2.75, 3.05) is 5.32 Å². The van der Waals surface area contributed by atoms with Crippen molar-refractivity contribution in [1.82, 2.24) is 9.97 Å². The van der Waals surface area contributed by atoms with Gasteiger partial charge < -0.3 is 15.2 Å². The van der Waals surface area contributed by atoms with Crippen LogP contribution in [0.1, 0.15) is 25.1 Å². The molecule has 16 heavy (non-hydrogen) atoms. The number of aliphatic carboxylic acids is 1. The summed E-state index contributed by atoms with van der Waals surface area (Å²) in [5, 5.41) is 11.7. The Morgan fingerprint density at radius 1 is 1.56 bits per heavy atom. The quantitative estimate of drug-likeness (QED) is 0.787. The van der Waals surface area contributed by atoms with Crippen LogP contribution >= 0.6 is 0 Å². The van der Waals surface area contributed by atoms with E-state index in [-0.39, 0.29) is 0 Å². The second kappa shape index (κ2) is 3.71. The number of ether oxygens (including phenoxy) is 1. The van der Waals surface area contributed by atoms with Crippen LogP contribution in [0, 0.1) is 0 Å². The molecule has 0 bridgehead atoms. The lowest BCUT2D eigenvalue weighted by molar-refractivity contribution is -0.141. The third-order valence-electron chi connectivity index (χ3n) is 2.41. The molecule has 0 fully saturated rings. The number of carbonyl (C=O) groups is 1. The van der Waals surface area contributed by atoms with E-state index in [4.69, 9.17) is 9.84 Å². The lowest BCUT2D eigenvalue weighted by atomic mass is 10.1. The van der Waals surface area contributed by atoms with Crippen molar-refractivity contribution >= 4 is 11.9 Å². The molecule has 6 heteroatoms. The molecule has 1 aliphatic heterocycles. The molecular weight excluding hydrogens is 210 g/mol. The lowest BCUT2D eigenvalue weighted by Gasteiger charge is -2.20. The molecule has 0 saturated carbocycles.